The zero-order chi connectivity index (χ0) is 12.1. The molecule has 7 nitrogen and oxygen atoms in total. The van der Waals surface area contributed by atoms with Gasteiger partial charge in [0.1, 0.15) is 6.04 Å². The van der Waals surface area contributed by atoms with Gasteiger partial charge in [-0.25, -0.2) is 4.79 Å². The van der Waals surface area contributed by atoms with Crippen molar-refractivity contribution in [2.24, 2.45) is 0 Å². The number of hydrogen-bond donors (Lipinski definition) is 2. The third-order valence-corrected chi connectivity index (χ3v) is 2.21. The van der Waals surface area contributed by atoms with E-state index in [-0.39, 0.29) is 13.2 Å². The van der Waals surface area contributed by atoms with Crippen LogP contribution in [0.2, 0.25) is 0 Å². The molecule has 1 unspecified atom stereocenters. The number of carboxylic acid groups (broad SMARTS) is 1. The van der Waals surface area contributed by atoms with Crippen LogP contribution >= 0.6 is 0 Å². The first-order chi connectivity index (χ1) is 7.54. The summed E-state index contributed by atoms with van der Waals surface area (Å²) >= 11 is 0. The number of nitrogens with zero attached hydrogens (tertiary/aromatic N) is 2. The number of carbonyl (C=O) groups excluding carboxylic acids is 1. The number of aliphatic carboxylic acids is 1. The molecule has 0 spiro atoms. The average molecular weight is 227 g/mol. The number of nitriles is 1. The molecular weight excluding hydrogens is 214 g/mol. The van der Waals surface area contributed by atoms with Crippen LogP contribution in [0.5, 0.6) is 0 Å². The largest absolute Gasteiger partial charge is 0.480 e. The van der Waals surface area contributed by atoms with Gasteiger partial charge in [-0.3, -0.25) is 4.79 Å². The molecule has 0 aliphatic carbocycles. The van der Waals surface area contributed by atoms with Crippen molar-refractivity contribution in [3.8, 4) is 6.07 Å². The number of nitrogens with one attached hydrogen (secondary N) is 1. The summed E-state index contributed by atoms with van der Waals surface area (Å²) in [7, 11) is 0. The molecule has 0 aromatic heterocycles. The Morgan fingerprint density at radius 1 is 1.69 bits per heavy atom. The number of hydrogen-bond acceptors (Lipinski definition) is 4. The molecule has 7 heteroatoms. The fourth-order valence-electron chi connectivity index (χ4n) is 1.25. The molecule has 2 atom stereocenters. The van der Waals surface area contributed by atoms with E-state index in [1.807, 2.05) is 6.07 Å². The number of urea groups is 1. The van der Waals surface area contributed by atoms with E-state index in [1.54, 1.807) is 0 Å². The first-order valence-corrected chi connectivity index (χ1v) is 4.84. The SMILES string of the molecule is C[C@@H](NC(=O)N1CCOC(C#N)C1)C(=O)O. The summed E-state index contributed by atoms with van der Waals surface area (Å²) in [4.78, 5) is 23.5. The quantitative estimate of drug-likeness (QED) is 0.655. The molecule has 0 radical (unpaired) electrons. The maximum Gasteiger partial charge on any atom is 0.325 e. The number of rotatable bonds is 2. The number of carboxylic acids is 1. The van der Waals surface area contributed by atoms with Gasteiger partial charge in [0.25, 0.3) is 0 Å². The zero-order valence-electron chi connectivity index (χ0n) is 8.84. The van der Waals surface area contributed by atoms with E-state index in [9.17, 15) is 9.59 Å². The van der Waals surface area contributed by atoms with E-state index >= 15 is 0 Å². The van der Waals surface area contributed by atoms with E-state index in [0.29, 0.717) is 6.54 Å². The van der Waals surface area contributed by atoms with Crippen LogP contribution in [0.3, 0.4) is 0 Å². The van der Waals surface area contributed by atoms with Gasteiger partial charge in [0.15, 0.2) is 6.10 Å². The lowest BCUT2D eigenvalue weighted by Gasteiger charge is -2.30. The molecule has 1 aliphatic rings. The molecule has 1 rings (SSSR count). The minimum atomic E-state index is -1.10. The summed E-state index contributed by atoms with van der Waals surface area (Å²) in [6, 6.07) is 0.469. The highest BCUT2D eigenvalue weighted by atomic mass is 16.5. The van der Waals surface area contributed by atoms with E-state index in [2.05, 4.69) is 5.32 Å². The molecule has 16 heavy (non-hydrogen) atoms. The van der Waals surface area contributed by atoms with Gasteiger partial charge in [-0.1, -0.05) is 0 Å². The second kappa shape index (κ2) is 5.32. The third kappa shape index (κ3) is 3.10. The minimum absolute atomic E-state index is 0.161. The van der Waals surface area contributed by atoms with Crippen LogP contribution in [0.15, 0.2) is 0 Å². The maximum atomic E-state index is 11.6. The van der Waals surface area contributed by atoms with Crippen LogP contribution in [0.25, 0.3) is 0 Å². The lowest BCUT2D eigenvalue weighted by Crippen LogP contribution is -2.52. The summed E-state index contributed by atoms with van der Waals surface area (Å²) in [6.45, 7) is 2.18. The predicted octanol–water partition coefficient (Wildman–Crippen LogP) is -0.607. The highest BCUT2D eigenvalue weighted by Crippen LogP contribution is 2.04. The number of ether oxygens (including phenoxy) is 1. The van der Waals surface area contributed by atoms with Gasteiger partial charge in [0, 0.05) is 6.54 Å². The summed E-state index contributed by atoms with van der Waals surface area (Å²) in [5, 5.41) is 19.6. The monoisotopic (exact) mass is 227 g/mol. The fourth-order valence-corrected chi connectivity index (χ4v) is 1.25. The Labute approximate surface area is 92.6 Å². The maximum absolute atomic E-state index is 11.6. The predicted molar refractivity (Wildman–Crippen MR) is 52.6 cm³/mol. The number of amides is 2. The lowest BCUT2D eigenvalue weighted by atomic mass is 10.3. The first kappa shape index (κ1) is 12.3. The van der Waals surface area contributed by atoms with Gasteiger partial charge in [0.2, 0.25) is 0 Å². The van der Waals surface area contributed by atoms with Crippen LogP contribution in [0.4, 0.5) is 4.79 Å². The van der Waals surface area contributed by atoms with Crippen molar-refractivity contribution in [1.29, 1.82) is 5.26 Å². The summed E-state index contributed by atoms with van der Waals surface area (Å²) in [6.07, 6.45) is -0.639. The molecule has 1 fully saturated rings. The second-order valence-electron chi connectivity index (χ2n) is 3.44. The fraction of sp³-hybridized carbons (Fsp3) is 0.667. The van der Waals surface area contributed by atoms with E-state index in [1.165, 1.54) is 11.8 Å². The number of morpholine rings is 1. The Bertz CT molecular complexity index is 325. The second-order valence-corrected chi connectivity index (χ2v) is 3.44. The average Bonchev–Trinajstić information content (AvgIpc) is 2.28. The number of carbonyl (C=O) groups is 2. The topological polar surface area (TPSA) is 103 Å². The van der Waals surface area contributed by atoms with Crippen molar-refractivity contribution in [2.45, 2.75) is 19.1 Å². The molecule has 1 saturated heterocycles. The van der Waals surface area contributed by atoms with Crippen molar-refractivity contribution >= 4 is 12.0 Å². The third-order valence-electron chi connectivity index (χ3n) is 2.21. The van der Waals surface area contributed by atoms with Gasteiger partial charge in [-0.05, 0) is 6.92 Å². The standard InChI is InChI=1S/C9H13N3O4/c1-6(8(13)14)11-9(15)12-2-3-16-7(4-10)5-12/h6-7H,2-3,5H2,1H3,(H,11,15)(H,13,14)/t6-,7?/m1/s1. The van der Waals surface area contributed by atoms with Crippen LogP contribution in [-0.4, -0.2) is 53.8 Å². The highest BCUT2D eigenvalue weighted by molar-refractivity contribution is 5.82. The summed E-state index contributed by atoms with van der Waals surface area (Å²) in [5.41, 5.74) is 0. The smallest absolute Gasteiger partial charge is 0.325 e. The zero-order valence-corrected chi connectivity index (χ0v) is 8.84. The highest BCUT2D eigenvalue weighted by Gasteiger charge is 2.25. The normalized spacial score (nSPS) is 22.0. The Morgan fingerprint density at radius 3 is 2.94 bits per heavy atom. The molecule has 1 aliphatic heterocycles. The van der Waals surface area contributed by atoms with Crippen molar-refractivity contribution < 1.29 is 19.4 Å². The van der Waals surface area contributed by atoms with Crippen molar-refractivity contribution in [3.63, 3.8) is 0 Å². The van der Waals surface area contributed by atoms with Crippen molar-refractivity contribution in [3.05, 3.63) is 0 Å². The van der Waals surface area contributed by atoms with Crippen molar-refractivity contribution in [2.75, 3.05) is 19.7 Å². The van der Waals surface area contributed by atoms with Crippen LogP contribution < -0.4 is 5.32 Å². The molecule has 2 amide bonds. The van der Waals surface area contributed by atoms with E-state index in [0.717, 1.165) is 0 Å². The molecule has 88 valence electrons. The Morgan fingerprint density at radius 2 is 2.38 bits per heavy atom. The Kier molecular flexibility index (Phi) is 4.08. The first-order valence-electron chi connectivity index (χ1n) is 4.84. The van der Waals surface area contributed by atoms with Gasteiger partial charge < -0.3 is 20.1 Å². The molecule has 0 bridgehead atoms. The van der Waals surface area contributed by atoms with Gasteiger partial charge in [0.05, 0.1) is 19.2 Å². The van der Waals surface area contributed by atoms with Crippen molar-refractivity contribution in [1.82, 2.24) is 10.2 Å². The Balaban J connectivity index is 2.48. The van der Waals surface area contributed by atoms with Crippen LogP contribution in [-0.2, 0) is 9.53 Å². The van der Waals surface area contributed by atoms with Gasteiger partial charge in [-0.15, -0.1) is 0 Å². The Hall–Kier alpha value is -1.81. The van der Waals surface area contributed by atoms with Crippen LogP contribution in [0.1, 0.15) is 6.92 Å². The van der Waals surface area contributed by atoms with Gasteiger partial charge >= 0.3 is 12.0 Å². The minimum Gasteiger partial charge on any atom is -0.480 e. The molecule has 0 saturated carbocycles. The molecule has 0 aromatic rings. The molecule has 0 aromatic carbocycles. The van der Waals surface area contributed by atoms with E-state index < -0.39 is 24.1 Å². The molecular formula is C9H13N3O4. The summed E-state index contributed by atoms with van der Waals surface area (Å²) < 4.78 is 5.06. The summed E-state index contributed by atoms with van der Waals surface area (Å²) in [5.74, 6) is -1.10. The molecule has 2 N–H and O–H groups in total. The van der Waals surface area contributed by atoms with Gasteiger partial charge in [-0.2, -0.15) is 5.26 Å². The lowest BCUT2D eigenvalue weighted by molar-refractivity contribution is -0.138. The van der Waals surface area contributed by atoms with E-state index in [4.69, 9.17) is 15.1 Å². The van der Waals surface area contributed by atoms with Crippen LogP contribution in [0, 0.1) is 11.3 Å². The molecule has 1 heterocycles.